The molecular weight excluding hydrogens is 520 g/mol. The summed E-state index contributed by atoms with van der Waals surface area (Å²) in [5, 5.41) is 9.99. The highest BCUT2D eigenvalue weighted by Crippen LogP contribution is 2.15. The van der Waals surface area contributed by atoms with Crippen LogP contribution < -0.4 is 0 Å². The summed E-state index contributed by atoms with van der Waals surface area (Å²) in [6, 6.07) is 0. The van der Waals surface area contributed by atoms with E-state index in [-0.39, 0.29) is 6.10 Å². The number of hydrogen-bond acceptors (Lipinski definition) is 1. The molecule has 1 nitrogen and oxygen atoms in total. The molecule has 0 saturated heterocycles. The van der Waals surface area contributed by atoms with Crippen molar-refractivity contribution in [3.05, 3.63) is 12.2 Å². The van der Waals surface area contributed by atoms with E-state index in [0.717, 1.165) is 12.8 Å². The molecule has 1 atom stereocenters. The molecule has 0 amide bonds. The summed E-state index contributed by atoms with van der Waals surface area (Å²) in [5.74, 6) is 0. The fourth-order valence-electron chi connectivity index (χ4n) is 6.02. The smallest absolute Gasteiger partial charge is 0.0540 e. The summed E-state index contributed by atoms with van der Waals surface area (Å²) < 4.78 is 0. The molecule has 0 aliphatic heterocycles. The molecule has 1 N–H and O–H groups in total. The Morgan fingerprint density at radius 1 is 0.302 bits per heavy atom. The van der Waals surface area contributed by atoms with Crippen molar-refractivity contribution in [2.75, 3.05) is 0 Å². The number of hydrogen-bond donors (Lipinski definition) is 1. The van der Waals surface area contributed by atoms with E-state index in [9.17, 15) is 5.11 Å². The summed E-state index contributed by atoms with van der Waals surface area (Å²) in [6.07, 6.45) is 52.7. The maximum atomic E-state index is 9.99. The highest BCUT2D eigenvalue weighted by atomic mass is 16.3. The molecule has 0 aliphatic rings. The fraction of sp³-hybridized carbons (Fsp3) is 0.952. The minimum absolute atomic E-state index is 0.0276. The van der Waals surface area contributed by atoms with E-state index in [2.05, 4.69) is 39.8 Å². The third kappa shape index (κ3) is 46.2. The average Bonchev–Trinajstić information content (AvgIpc) is 3.01. The largest absolute Gasteiger partial charge is 0.393 e. The van der Waals surface area contributed by atoms with E-state index in [1.54, 1.807) is 0 Å². The molecule has 0 radical (unpaired) electrons. The Balaban J connectivity index is 0. The number of allylic oxidation sites excluding steroid dienone is 2. The van der Waals surface area contributed by atoms with Gasteiger partial charge < -0.3 is 5.11 Å². The molecule has 0 aliphatic carbocycles. The molecule has 43 heavy (non-hydrogen) atoms. The van der Waals surface area contributed by atoms with Gasteiger partial charge in [0.15, 0.2) is 0 Å². The molecule has 0 spiro atoms. The minimum Gasteiger partial charge on any atom is -0.393 e. The molecule has 0 aromatic heterocycles. The Morgan fingerprint density at radius 3 is 0.767 bits per heavy atom. The number of unbranched alkanes of at least 4 members (excludes halogenated alkanes) is 29. The van der Waals surface area contributed by atoms with Crippen molar-refractivity contribution < 1.29 is 5.11 Å². The van der Waals surface area contributed by atoms with Crippen molar-refractivity contribution in [2.24, 2.45) is 0 Å². The Morgan fingerprint density at radius 2 is 0.512 bits per heavy atom. The molecule has 0 aromatic rings. The second-order valence-corrected chi connectivity index (χ2v) is 13.8. The number of rotatable bonds is 35. The van der Waals surface area contributed by atoms with Gasteiger partial charge in [0, 0.05) is 0 Å². The standard InChI is InChI=1S/C21H44O.C21H42/c1-3-5-7-9-11-12-14-16-18-20-21(22)19-17-15-13-10-8-6-4-2;1-3-5-7-9-11-13-15-17-19-21-20-18-16-14-12-10-8-6-4-2/h21-22H,3-20H2,1-2H3;17,19H,3-16,18,20-21H2,1-2H3/b;19-17-. The predicted molar refractivity (Wildman–Crippen MR) is 199 cm³/mol. The molecule has 0 aromatic carbocycles. The molecule has 0 saturated carbocycles. The average molecular weight is 607 g/mol. The van der Waals surface area contributed by atoms with Crippen LogP contribution >= 0.6 is 0 Å². The van der Waals surface area contributed by atoms with Crippen molar-refractivity contribution in [2.45, 2.75) is 259 Å². The van der Waals surface area contributed by atoms with Gasteiger partial charge in [0.25, 0.3) is 0 Å². The van der Waals surface area contributed by atoms with Crippen LogP contribution in [-0.2, 0) is 0 Å². The first-order chi connectivity index (χ1) is 21.2. The quantitative estimate of drug-likeness (QED) is 0.0562. The monoisotopic (exact) mass is 607 g/mol. The van der Waals surface area contributed by atoms with Gasteiger partial charge in [0.05, 0.1) is 6.10 Å². The molecule has 0 heterocycles. The molecule has 0 rings (SSSR count). The summed E-state index contributed by atoms with van der Waals surface area (Å²) in [5.41, 5.74) is 0. The lowest BCUT2D eigenvalue weighted by atomic mass is 10.0. The van der Waals surface area contributed by atoms with Crippen LogP contribution in [0.25, 0.3) is 0 Å². The lowest BCUT2D eigenvalue weighted by molar-refractivity contribution is 0.147. The van der Waals surface area contributed by atoms with Gasteiger partial charge in [0.1, 0.15) is 0 Å². The van der Waals surface area contributed by atoms with E-state index < -0.39 is 0 Å². The third-order valence-electron chi connectivity index (χ3n) is 9.15. The van der Waals surface area contributed by atoms with Gasteiger partial charge in [-0.3, -0.25) is 0 Å². The lowest BCUT2D eigenvalue weighted by Crippen LogP contribution is -2.05. The van der Waals surface area contributed by atoms with Crippen molar-refractivity contribution in [1.29, 1.82) is 0 Å². The SMILES string of the molecule is CCCCCCCC/C=C\CCCCCCCCCCC.CCCCCCCCCCCC(O)CCCCCCCCC. The van der Waals surface area contributed by atoms with E-state index in [1.165, 1.54) is 212 Å². The van der Waals surface area contributed by atoms with Gasteiger partial charge in [-0.05, 0) is 38.5 Å². The summed E-state index contributed by atoms with van der Waals surface area (Å²) in [6.45, 7) is 9.12. The first-order valence-electron chi connectivity index (χ1n) is 20.6. The topological polar surface area (TPSA) is 20.2 Å². The third-order valence-corrected chi connectivity index (χ3v) is 9.15. The van der Waals surface area contributed by atoms with E-state index in [1.807, 2.05) is 0 Å². The van der Waals surface area contributed by atoms with Crippen LogP contribution in [0.5, 0.6) is 0 Å². The van der Waals surface area contributed by atoms with Crippen LogP contribution in [0.4, 0.5) is 0 Å². The Hall–Kier alpha value is -0.300. The number of aliphatic hydroxyl groups excluding tert-OH is 1. The zero-order chi connectivity index (χ0) is 31.7. The Labute approximate surface area is 275 Å². The van der Waals surface area contributed by atoms with Gasteiger partial charge in [0.2, 0.25) is 0 Å². The molecule has 1 heteroatoms. The van der Waals surface area contributed by atoms with Gasteiger partial charge in [-0.2, -0.15) is 0 Å². The first kappa shape index (κ1) is 44.8. The fourth-order valence-corrected chi connectivity index (χ4v) is 6.02. The second kappa shape index (κ2) is 43.8. The van der Waals surface area contributed by atoms with Crippen LogP contribution in [0.3, 0.4) is 0 Å². The maximum Gasteiger partial charge on any atom is 0.0540 e. The van der Waals surface area contributed by atoms with Gasteiger partial charge in [-0.15, -0.1) is 0 Å². The van der Waals surface area contributed by atoms with Gasteiger partial charge in [-0.25, -0.2) is 0 Å². The van der Waals surface area contributed by atoms with Crippen LogP contribution in [0.2, 0.25) is 0 Å². The molecule has 260 valence electrons. The first-order valence-corrected chi connectivity index (χ1v) is 20.6. The van der Waals surface area contributed by atoms with E-state index >= 15 is 0 Å². The summed E-state index contributed by atoms with van der Waals surface area (Å²) in [7, 11) is 0. The van der Waals surface area contributed by atoms with Crippen LogP contribution in [0, 0.1) is 0 Å². The van der Waals surface area contributed by atoms with Crippen molar-refractivity contribution in [3.63, 3.8) is 0 Å². The highest BCUT2D eigenvalue weighted by molar-refractivity contribution is 4.81. The Bertz CT molecular complexity index is 470. The maximum absolute atomic E-state index is 9.99. The van der Waals surface area contributed by atoms with Crippen LogP contribution in [-0.4, -0.2) is 11.2 Å². The molecule has 0 fully saturated rings. The van der Waals surface area contributed by atoms with E-state index in [4.69, 9.17) is 0 Å². The highest BCUT2D eigenvalue weighted by Gasteiger charge is 2.03. The van der Waals surface area contributed by atoms with Gasteiger partial charge >= 0.3 is 0 Å². The van der Waals surface area contributed by atoms with Crippen molar-refractivity contribution >= 4 is 0 Å². The molecule has 1 unspecified atom stereocenters. The number of aliphatic hydroxyl groups is 1. The minimum atomic E-state index is -0.0276. The van der Waals surface area contributed by atoms with E-state index in [0.29, 0.717) is 0 Å². The zero-order valence-electron chi connectivity index (χ0n) is 30.9. The predicted octanol–water partition coefficient (Wildman–Crippen LogP) is 15.6. The zero-order valence-corrected chi connectivity index (χ0v) is 30.9. The van der Waals surface area contributed by atoms with Crippen LogP contribution in [0.15, 0.2) is 12.2 Å². The van der Waals surface area contributed by atoms with Gasteiger partial charge in [-0.1, -0.05) is 226 Å². The summed E-state index contributed by atoms with van der Waals surface area (Å²) in [4.78, 5) is 0. The van der Waals surface area contributed by atoms with Crippen molar-refractivity contribution in [1.82, 2.24) is 0 Å². The van der Waals surface area contributed by atoms with Crippen molar-refractivity contribution in [3.8, 4) is 0 Å². The molecule has 0 bridgehead atoms. The summed E-state index contributed by atoms with van der Waals surface area (Å²) >= 11 is 0. The van der Waals surface area contributed by atoms with Crippen LogP contribution in [0.1, 0.15) is 252 Å². The Kier molecular flexibility index (Phi) is 45.7. The molecular formula is C42H86O. The second-order valence-electron chi connectivity index (χ2n) is 13.8. The normalized spacial score (nSPS) is 12.1. The lowest BCUT2D eigenvalue weighted by Gasteiger charge is -2.10.